The smallest absolute Gasteiger partial charge is 0.342 e. The van der Waals surface area contributed by atoms with Crippen molar-refractivity contribution in [1.82, 2.24) is 0 Å². The lowest BCUT2D eigenvalue weighted by Crippen LogP contribution is -2.16. The van der Waals surface area contributed by atoms with Crippen molar-refractivity contribution in [1.29, 1.82) is 0 Å². The molecule has 0 spiro atoms. The Hall–Kier alpha value is -2.57. The van der Waals surface area contributed by atoms with Crippen molar-refractivity contribution >= 4 is 35.0 Å². The van der Waals surface area contributed by atoms with Crippen LogP contribution in [0, 0.1) is 15.3 Å². The minimum atomic E-state index is -0.599. The topological polar surface area (TPSA) is 78.4 Å². The van der Waals surface area contributed by atoms with Gasteiger partial charge in [-0.15, -0.1) is 0 Å². The summed E-state index contributed by atoms with van der Waals surface area (Å²) in [5, 5.41) is 24.6. The summed E-state index contributed by atoms with van der Waals surface area (Å²) < 4.78 is 0. The van der Waals surface area contributed by atoms with Crippen LogP contribution in [0.1, 0.15) is 23.7 Å². The highest BCUT2D eigenvalue weighted by Gasteiger charge is 2.38. The van der Waals surface area contributed by atoms with E-state index in [4.69, 9.17) is 28.0 Å². The Labute approximate surface area is 153 Å². The van der Waals surface area contributed by atoms with Crippen LogP contribution in [-0.2, 0) is 4.84 Å². The van der Waals surface area contributed by atoms with E-state index in [1.165, 1.54) is 6.08 Å². The number of hydrogen-bond acceptors (Lipinski definition) is 4. The van der Waals surface area contributed by atoms with Crippen LogP contribution in [0.5, 0.6) is 0 Å². The first-order chi connectivity index (χ1) is 11.9. The average molecular weight is 379 g/mol. The van der Waals surface area contributed by atoms with Crippen LogP contribution >= 0.6 is 23.2 Å². The van der Waals surface area contributed by atoms with Crippen LogP contribution < -0.4 is 0 Å². The largest absolute Gasteiger partial charge is 0.394 e. The summed E-state index contributed by atoms with van der Waals surface area (Å²) in [5.74, 6) is 0. The lowest BCUT2D eigenvalue weighted by Gasteiger charge is -2.11. The van der Waals surface area contributed by atoms with Gasteiger partial charge in [0.2, 0.25) is 0 Å². The predicted octanol–water partition coefficient (Wildman–Crippen LogP) is 4.64. The van der Waals surface area contributed by atoms with Crippen LogP contribution in [0.15, 0.2) is 54.2 Å². The highest BCUT2D eigenvalue weighted by molar-refractivity contribution is 6.30. The van der Waals surface area contributed by atoms with Crippen molar-refractivity contribution in [3.63, 3.8) is 0 Å². The third-order valence-electron chi connectivity index (χ3n) is 3.73. The van der Waals surface area contributed by atoms with Crippen molar-refractivity contribution in [2.24, 2.45) is 0 Å². The zero-order valence-corrected chi connectivity index (χ0v) is 14.3. The zero-order chi connectivity index (χ0) is 18.0. The maximum Gasteiger partial charge on any atom is 0.342 e. The van der Waals surface area contributed by atoms with Crippen LogP contribution in [0.4, 0.5) is 0 Å². The number of halogens is 2. The summed E-state index contributed by atoms with van der Waals surface area (Å²) in [6.07, 6.45) is 0.814. The Morgan fingerprint density at radius 3 is 2.24 bits per heavy atom. The lowest BCUT2D eigenvalue weighted by atomic mass is 10.0. The number of hydrogen-bond donors (Lipinski definition) is 0. The molecule has 8 heteroatoms. The number of allylic oxidation sites excluding steroid dienone is 1. The van der Waals surface area contributed by atoms with Crippen LogP contribution in [0.2, 0.25) is 10.0 Å². The minimum Gasteiger partial charge on any atom is -0.394 e. The molecule has 3 rings (SSSR count). The molecule has 0 fully saturated rings. The SMILES string of the molecule is O=[N+]([O-])/C(=C/c1ccc(Cl)cc1)C1=[N+]([O-])OC(c2ccc(Cl)cc2)C1. The molecular formula is C17H12Cl2N2O4. The second kappa shape index (κ2) is 7.13. The first kappa shape index (κ1) is 17.3. The van der Waals surface area contributed by atoms with Crippen molar-refractivity contribution < 1.29 is 14.7 Å². The van der Waals surface area contributed by atoms with Gasteiger partial charge in [0.25, 0.3) is 0 Å². The van der Waals surface area contributed by atoms with E-state index < -0.39 is 11.0 Å². The third kappa shape index (κ3) is 3.92. The van der Waals surface area contributed by atoms with E-state index in [2.05, 4.69) is 0 Å². The number of nitrogens with zero attached hydrogens (tertiary/aromatic N) is 2. The van der Waals surface area contributed by atoms with E-state index in [1.54, 1.807) is 48.5 Å². The molecule has 1 aliphatic heterocycles. The van der Waals surface area contributed by atoms with Crippen LogP contribution in [0.25, 0.3) is 6.08 Å². The van der Waals surface area contributed by atoms with Gasteiger partial charge in [0.05, 0.1) is 11.3 Å². The average Bonchev–Trinajstić information content (AvgIpc) is 2.96. The van der Waals surface area contributed by atoms with E-state index in [0.29, 0.717) is 15.6 Å². The van der Waals surface area contributed by atoms with E-state index in [-0.39, 0.29) is 22.7 Å². The standard InChI is InChI=1S/C17H12Cl2N2O4/c18-13-5-1-11(2-6-13)9-15(20(22)23)16-10-17(25-21(16)24)12-3-7-14(19)8-4-12/h1-9,17H,10H2/b15-9+. The van der Waals surface area contributed by atoms with Gasteiger partial charge in [0.15, 0.2) is 0 Å². The van der Waals surface area contributed by atoms with E-state index >= 15 is 0 Å². The summed E-state index contributed by atoms with van der Waals surface area (Å²) >= 11 is 11.7. The molecule has 0 saturated heterocycles. The molecule has 25 heavy (non-hydrogen) atoms. The molecule has 0 bridgehead atoms. The minimum absolute atomic E-state index is 0.0418. The van der Waals surface area contributed by atoms with Crippen LogP contribution in [0.3, 0.4) is 0 Å². The molecule has 2 aromatic rings. The Kier molecular flexibility index (Phi) is 4.92. The summed E-state index contributed by atoms with van der Waals surface area (Å²) in [6.45, 7) is 0. The normalized spacial score (nSPS) is 17.5. The molecule has 0 radical (unpaired) electrons. The first-order valence-corrected chi connectivity index (χ1v) is 8.07. The fraction of sp³-hybridized carbons (Fsp3) is 0.118. The van der Waals surface area contributed by atoms with E-state index in [1.807, 2.05) is 0 Å². The van der Waals surface area contributed by atoms with Crippen molar-refractivity contribution in [3.8, 4) is 0 Å². The van der Waals surface area contributed by atoms with Gasteiger partial charge in [-0.1, -0.05) is 47.5 Å². The molecule has 1 aliphatic rings. The second-order valence-electron chi connectivity index (χ2n) is 5.39. The van der Waals surface area contributed by atoms with Crippen molar-refractivity contribution in [2.45, 2.75) is 12.5 Å². The quantitative estimate of drug-likeness (QED) is 0.441. The van der Waals surface area contributed by atoms with Gasteiger partial charge in [-0.2, -0.15) is 0 Å². The van der Waals surface area contributed by atoms with Gasteiger partial charge in [0.1, 0.15) is 6.10 Å². The summed E-state index contributed by atoms with van der Waals surface area (Å²) in [4.78, 5) is 16.3. The second-order valence-corrected chi connectivity index (χ2v) is 6.26. The third-order valence-corrected chi connectivity index (χ3v) is 4.23. The van der Waals surface area contributed by atoms with Gasteiger partial charge in [-0.3, -0.25) is 15.3 Å². The monoisotopic (exact) mass is 378 g/mol. The van der Waals surface area contributed by atoms with Gasteiger partial charge >= 0.3 is 11.4 Å². The Morgan fingerprint density at radius 1 is 1.12 bits per heavy atom. The predicted molar refractivity (Wildman–Crippen MR) is 95.0 cm³/mol. The Balaban J connectivity index is 1.89. The molecule has 0 amide bonds. The zero-order valence-electron chi connectivity index (χ0n) is 12.8. The maximum atomic E-state index is 12.1. The van der Waals surface area contributed by atoms with Gasteiger partial charge in [-0.05, 0) is 35.4 Å². The molecule has 0 N–H and O–H groups in total. The number of benzene rings is 2. The molecular weight excluding hydrogens is 367 g/mol. The molecule has 2 aromatic carbocycles. The molecule has 0 aliphatic carbocycles. The van der Waals surface area contributed by atoms with Gasteiger partial charge < -0.3 is 4.84 Å². The summed E-state index contributed by atoms with van der Waals surface area (Å²) in [7, 11) is 0. The Bertz CT molecular complexity index is 861. The summed E-state index contributed by atoms with van der Waals surface area (Å²) in [6, 6.07) is 13.3. The van der Waals surface area contributed by atoms with E-state index in [9.17, 15) is 15.3 Å². The molecule has 1 atom stereocenters. The first-order valence-electron chi connectivity index (χ1n) is 7.31. The van der Waals surface area contributed by atoms with Gasteiger partial charge in [-0.25, -0.2) is 0 Å². The molecule has 0 saturated carbocycles. The molecule has 128 valence electrons. The fourth-order valence-electron chi connectivity index (χ4n) is 2.48. The molecule has 6 nitrogen and oxygen atoms in total. The number of nitro groups is 1. The van der Waals surface area contributed by atoms with Crippen LogP contribution in [-0.4, -0.2) is 15.5 Å². The molecule has 1 heterocycles. The maximum absolute atomic E-state index is 12.1. The fourth-order valence-corrected chi connectivity index (χ4v) is 2.73. The number of rotatable bonds is 4. The van der Waals surface area contributed by atoms with Crippen molar-refractivity contribution in [3.05, 3.63) is 90.7 Å². The Morgan fingerprint density at radius 2 is 1.68 bits per heavy atom. The van der Waals surface area contributed by atoms with Crippen molar-refractivity contribution in [2.75, 3.05) is 0 Å². The highest BCUT2D eigenvalue weighted by atomic mass is 35.5. The molecule has 1 unspecified atom stereocenters. The lowest BCUT2D eigenvalue weighted by molar-refractivity contribution is -0.743. The highest BCUT2D eigenvalue weighted by Crippen LogP contribution is 2.30. The molecule has 0 aromatic heterocycles. The summed E-state index contributed by atoms with van der Waals surface area (Å²) in [5.41, 5.74) is 0.926. The van der Waals surface area contributed by atoms with Gasteiger partial charge in [0, 0.05) is 21.0 Å². The van der Waals surface area contributed by atoms with E-state index in [0.717, 1.165) is 5.56 Å².